The number of aliphatic hydroxyl groups excluding tert-OH is 1. The van der Waals surface area contributed by atoms with Gasteiger partial charge in [0.25, 0.3) is 0 Å². The molecule has 0 bridgehead atoms. The van der Waals surface area contributed by atoms with Crippen molar-refractivity contribution < 1.29 is 32.9 Å². The summed E-state index contributed by atoms with van der Waals surface area (Å²) >= 11 is 0. The third kappa shape index (κ3) is 70.3. The van der Waals surface area contributed by atoms with Gasteiger partial charge in [-0.2, -0.15) is 0 Å². The lowest BCUT2D eigenvalue weighted by atomic mass is 10.0. The zero-order valence-corrected chi connectivity index (χ0v) is 59.0. The summed E-state index contributed by atoms with van der Waals surface area (Å²) in [7, 11) is 1.64. The lowest BCUT2D eigenvalue weighted by molar-refractivity contribution is -0.870. The average Bonchev–Trinajstić information content (AvgIpc) is 3.49. The number of phosphoric acid groups is 1. The number of allylic oxidation sites excluding steroid dienone is 4. The Morgan fingerprint density at radius 2 is 0.671 bits per heavy atom. The van der Waals surface area contributed by atoms with Crippen LogP contribution >= 0.6 is 7.82 Å². The second-order valence-electron chi connectivity index (χ2n) is 27.7. The molecule has 0 saturated carbocycles. The number of carbonyl (C=O) groups excluding carboxylic acids is 1. The second kappa shape index (κ2) is 67.4. The van der Waals surface area contributed by atoms with Crippen LogP contribution in [0.2, 0.25) is 0 Å². The van der Waals surface area contributed by atoms with Crippen molar-refractivity contribution in [3.8, 4) is 0 Å². The van der Waals surface area contributed by atoms with E-state index in [-0.39, 0.29) is 19.1 Å². The number of rotatable bonds is 72. The maximum absolute atomic E-state index is 13.1. The van der Waals surface area contributed by atoms with Crippen LogP contribution in [0.3, 0.4) is 0 Å². The molecule has 0 rings (SSSR count). The Hall–Kier alpha value is -1.02. The molecule has 9 heteroatoms. The van der Waals surface area contributed by atoms with E-state index in [1.54, 1.807) is 0 Å². The quantitative estimate of drug-likeness (QED) is 0.0243. The van der Waals surface area contributed by atoms with Gasteiger partial charge in [-0.25, -0.2) is 4.57 Å². The van der Waals surface area contributed by atoms with Gasteiger partial charge in [0.05, 0.1) is 39.9 Å². The fourth-order valence-corrected chi connectivity index (χ4v) is 12.8. The molecule has 0 aromatic heterocycles. The molecule has 0 aliphatic heterocycles. The molecule has 3 atom stereocenters. The minimum absolute atomic E-state index is 0.0773. The number of quaternary nitrogens is 1. The summed E-state index contributed by atoms with van der Waals surface area (Å²) in [5, 5.41) is 14.2. The van der Waals surface area contributed by atoms with Gasteiger partial charge >= 0.3 is 7.82 Å². The normalized spacial score (nSPS) is 13.6. The molecule has 3 unspecified atom stereocenters. The maximum Gasteiger partial charge on any atom is 0.472 e. The number of amides is 1. The second-order valence-corrected chi connectivity index (χ2v) is 29.2. The molecule has 0 fully saturated rings. The minimum Gasteiger partial charge on any atom is -0.391 e. The fraction of sp³-hybridized carbons (Fsp3) is 0.934. The molecule has 85 heavy (non-hydrogen) atoms. The fourth-order valence-electron chi connectivity index (χ4n) is 12.0. The number of nitrogens with zero attached hydrogens (tertiary/aromatic N) is 1. The summed E-state index contributed by atoms with van der Waals surface area (Å²) in [6.45, 7) is 4.96. The molecule has 0 radical (unpaired) electrons. The van der Waals surface area contributed by atoms with Gasteiger partial charge in [-0.1, -0.05) is 378 Å². The first-order valence-corrected chi connectivity index (χ1v) is 39.7. The number of hydrogen-bond donors (Lipinski definition) is 3. The number of carbonyl (C=O) groups is 1. The van der Waals surface area contributed by atoms with Crippen LogP contribution in [-0.4, -0.2) is 73.4 Å². The third-order valence-corrected chi connectivity index (χ3v) is 18.9. The molecular weight excluding hydrogens is 1070 g/mol. The molecular formula is C76H152N2O6P+. The van der Waals surface area contributed by atoms with Crippen LogP contribution in [0.25, 0.3) is 0 Å². The van der Waals surface area contributed by atoms with E-state index in [9.17, 15) is 19.4 Å². The van der Waals surface area contributed by atoms with E-state index in [0.29, 0.717) is 23.9 Å². The van der Waals surface area contributed by atoms with Crippen molar-refractivity contribution in [3.05, 3.63) is 24.3 Å². The molecule has 8 nitrogen and oxygen atoms in total. The van der Waals surface area contributed by atoms with Gasteiger partial charge in [-0.3, -0.25) is 13.8 Å². The molecule has 0 aromatic carbocycles. The zero-order chi connectivity index (χ0) is 61.9. The van der Waals surface area contributed by atoms with Crippen molar-refractivity contribution in [2.45, 2.75) is 418 Å². The Bertz CT molecular complexity index is 1430. The highest BCUT2D eigenvalue weighted by molar-refractivity contribution is 7.47. The van der Waals surface area contributed by atoms with Gasteiger partial charge in [0, 0.05) is 6.42 Å². The molecule has 3 N–H and O–H groups in total. The molecule has 0 aliphatic carbocycles. The maximum atomic E-state index is 13.1. The van der Waals surface area contributed by atoms with Crippen LogP contribution in [-0.2, 0) is 18.4 Å². The molecule has 0 spiro atoms. The lowest BCUT2D eigenvalue weighted by Crippen LogP contribution is -2.46. The predicted octanol–water partition coefficient (Wildman–Crippen LogP) is 24.6. The number of hydrogen-bond acceptors (Lipinski definition) is 5. The Balaban J connectivity index is 3.92. The van der Waals surface area contributed by atoms with Crippen molar-refractivity contribution in [2.75, 3.05) is 40.9 Å². The highest BCUT2D eigenvalue weighted by atomic mass is 31.2. The van der Waals surface area contributed by atoms with Crippen LogP contribution in [0.15, 0.2) is 24.3 Å². The van der Waals surface area contributed by atoms with E-state index in [1.807, 2.05) is 21.1 Å². The first-order valence-electron chi connectivity index (χ1n) is 38.2. The van der Waals surface area contributed by atoms with E-state index in [1.165, 1.54) is 334 Å². The van der Waals surface area contributed by atoms with E-state index in [4.69, 9.17) is 9.05 Å². The third-order valence-electron chi connectivity index (χ3n) is 18.0. The number of nitrogens with one attached hydrogen (secondary N) is 1. The summed E-state index contributed by atoms with van der Waals surface area (Å²) < 4.78 is 23.9. The molecule has 0 aromatic rings. The highest BCUT2D eigenvalue weighted by Gasteiger charge is 2.28. The monoisotopic (exact) mass is 1220 g/mol. The standard InChI is InChI=1S/C76H151N2O6P/c1-6-8-10-12-14-16-18-20-22-24-26-28-30-32-33-34-35-36-37-38-39-40-41-42-43-44-45-46-48-50-52-54-56-58-60-62-64-66-68-70-76(80)77-74(73-84-85(81,82)83-72-71-78(3,4)5)75(79)69-67-65-63-61-59-57-55-53-51-49-47-31-29-27-25-23-21-19-17-15-13-11-9-7-2/h35-36,38-39,74-75,79H,6-34,37,40-73H2,1-5H3,(H-,77,80,81,82)/p+1/b36-35-,39-38-. The average molecular weight is 1220 g/mol. The Labute approximate surface area is 532 Å². The summed E-state index contributed by atoms with van der Waals surface area (Å²) in [5.41, 5.74) is 0. The van der Waals surface area contributed by atoms with Gasteiger partial charge < -0.3 is 19.8 Å². The molecule has 506 valence electrons. The number of aliphatic hydroxyl groups is 1. The molecule has 0 heterocycles. The van der Waals surface area contributed by atoms with E-state index in [0.717, 1.165) is 44.9 Å². The van der Waals surface area contributed by atoms with Crippen molar-refractivity contribution in [1.82, 2.24) is 5.32 Å². The lowest BCUT2D eigenvalue weighted by Gasteiger charge is -2.26. The van der Waals surface area contributed by atoms with Crippen LogP contribution < -0.4 is 5.32 Å². The van der Waals surface area contributed by atoms with Crippen LogP contribution in [0.1, 0.15) is 406 Å². The van der Waals surface area contributed by atoms with Crippen LogP contribution in [0, 0.1) is 0 Å². The Morgan fingerprint density at radius 3 is 0.965 bits per heavy atom. The molecule has 0 saturated heterocycles. The van der Waals surface area contributed by atoms with Crippen LogP contribution in [0.4, 0.5) is 0 Å². The number of unbranched alkanes of at least 4 members (excludes halogenated alkanes) is 55. The molecule has 0 aliphatic rings. The highest BCUT2D eigenvalue weighted by Crippen LogP contribution is 2.43. The smallest absolute Gasteiger partial charge is 0.391 e. The summed E-state index contributed by atoms with van der Waals surface area (Å²) in [6.07, 6.45) is 88.9. The zero-order valence-electron chi connectivity index (χ0n) is 58.1. The van der Waals surface area contributed by atoms with Gasteiger partial charge in [0.2, 0.25) is 5.91 Å². The van der Waals surface area contributed by atoms with Crippen molar-refractivity contribution in [1.29, 1.82) is 0 Å². The van der Waals surface area contributed by atoms with Crippen molar-refractivity contribution in [3.63, 3.8) is 0 Å². The Morgan fingerprint density at radius 1 is 0.400 bits per heavy atom. The Kier molecular flexibility index (Phi) is 66.6. The summed E-state index contributed by atoms with van der Waals surface area (Å²) in [6, 6.07) is -0.760. The number of likely N-dealkylation sites (N-methyl/N-ethyl adjacent to an activating group) is 1. The van der Waals surface area contributed by atoms with Gasteiger partial charge in [0.1, 0.15) is 13.2 Å². The van der Waals surface area contributed by atoms with Crippen LogP contribution in [0.5, 0.6) is 0 Å². The number of phosphoric ester groups is 1. The minimum atomic E-state index is -4.33. The first kappa shape index (κ1) is 84.0. The van der Waals surface area contributed by atoms with Gasteiger partial charge in [0.15, 0.2) is 0 Å². The van der Waals surface area contributed by atoms with Gasteiger partial charge in [-0.15, -0.1) is 0 Å². The van der Waals surface area contributed by atoms with Crippen molar-refractivity contribution in [2.24, 2.45) is 0 Å². The van der Waals surface area contributed by atoms with E-state index >= 15 is 0 Å². The SMILES string of the molecule is CCCCCCCCCCCCCCCCC/C=C\C/C=C\CCCCCCCCCCCCCCCCCCCC(=O)NC(COP(=O)(O)OCC[N+](C)(C)C)C(O)CCCCCCCCCCCCCCCCCCCCCCCCCC. The summed E-state index contributed by atoms with van der Waals surface area (Å²) in [4.78, 5) is 23.5. The van der Waals surface area contributed by atoms with Crippen molar-refractivity contribution >= 4 is 13.7 Å². The molecule has 1 amide bonds. The predicted molar refractivity (Wildman–Crippen MR) is 374 cm³/mol. The van der Waals surface area contributed by atoms with E-state index < -0.39 is 20.0 Å². The summed E-state index contributed by atoms with van der Waals surface area (Å²) in [5.74, 6) is -0.136. The topological polar surface area (TPSA) is 105 Å². The van der Waals surface area contributed by atoms with E-state index in [2.05, 4.69) is 43.5 Å². The largest absolute Gasteiger partial charge is 0.472 e. The first-order chi connectivity index (χ1) is 41.5. The van der Waals surface area contributed by atoms with Gasteiger partial charge in [-0.05, 0) is 44.9 Å².